The van der Waals surface area contributed by atoms with Crippen molar-refractivity contribution in [2.45, 2.75) is 11.8 Å². The first-order valence-corrected chi connectivity index (χ1v) is 9.40. The monoisotopic (exact) mass is 355 g/mol. The summed E-state index contributed by atoms with van der Waals surface area (Å²) in [6, 6.07) is 32.7. The van der Waals surface area contributed by atoms with Crippen LogP contribution in [0.25, 0.3) is 0 Å². The molecule has 0 aliphatic heterocycles. The van der Waals surface area contributed by atoms with Crippen LogP contribution >= 0.6 is 0 Å². The molecule has 0 atom stereocenters. The zero-order valence-corrected chi connectivity index (χ0v) is 15.6. The van der Waals surface area contributed by atoms with Gasteiger partial charge in [0, 0.05) is 0 Å². The molecule has 0 saturated carbocycles. The Morgan fingerprint density at radius 1 is 0.600 bits per heavy atom. The summed E-state index contributed by atoms with van der Waals surface area (Å²) < 4.78 is 1.44. The van der Waals surface area contributed by atoms with Gasteiger partial charge in [-0.25, -0.2) is 0 Å². The van der Waals surface area contributed by atoms with Crippen LogP contribution in [-0.4, -0.2) is 0 Å². The van der Waals surface area contributed by atoms with Gasteiger partial charge in [0.05, 0.1) is 0 Å². The first-order chi connectivity index (χ1) is 12.3. The number of hydrogen-bond acceptors (Lipinski definition) is 0. The molecule has 1 heteroatoms. The van der Waals surface area contributed by atoms with Crippen molar-refractivity contribution in [1.29, 1.82) is 0 Å². The molecule has 0 N–H and O–H groups in total. The number of allylic oxidation sites excluding steroid dienone is 4. The third-order valence-corrected chi connectivity index (χ3v) is 5.70. The maximum absolute atomic E-state index is 2.32. The summed E-state index contributed by atoms with van der Waals surface area (Å²) >= 11 is 2.26. The zero-order valence-electron chi connectivity index (χ0n) is 14.0. The van der Waals surface area contributed by atoms with Crippen molar-refractivity contribution < 1.29 is 20.4 Å². The summed E-state index contributed by atoms with van der Waals surface area (Å²) in [6.07, 6.45) is 5.64. The molecule has 0 heterocycles. The van der Waals surface area contributed by atoms with Crippen molar-refractivity contribution in [3.05, 3.63) is 129 Å². The summed E-state index contributed by atoms with van der Waals surface area (Å²) in [7, 11) is 0. The van der Waals surface area contributed by atoms with Gasteiger partial charge in [-0.05, 0) is 0 Å². The molecule has 3 aromatic carbocycles. The molecule has 0 fully saturated rings. The molecule has 4 rings (SSSR count). The zero-order chi connectivity index (χ0) is 17.1. The van der Waals surface area contributed by atoms with Gasteiger partial charge in [0.2, 0.25) is 0 Å². The molecule has 0 spiro atoms. The predicted molar refractivity (Wildman–Crippen MR) is 100.0 cm³/mol. The van der Waals surface area contributed by atoms with Gasteiger partial charge < -0.3 is 0 Å². The van der Waals surface area contributed by atoms with Gasteiger partial charge >= 0.3 is 162 Å². The molecule has 3 aromatic rings. The fourth-order valence-electron chi connectivity index (χ4n) is 3.89. The minimum absolute atomic E-state index is 0.277. The van der Waals surface area contributed by atoms with Crippen LogP contribution in [0.1, 0.15) is 23.1 Å². The van der Waals surface area contributed by atoms with E-state index in [1.54, 1.807) is 0 Å². The van der Waals surface area contributed by atoms with Crippen molar-refractivity contribution in [2.24, 2.45) is 0 Å². The molecule has 1 aliphatic carbocycles. The summed E-state index contributed by atoms with van der Waals surface area (Å²) in [4.78, 5) is 0. The second-order valence-electron chi connectivity index (χ2n) is 6.35. The van der Waals surface area contributed by atoms with Crippen molar-refractivity contribution in [3.8, 4) is 0 Å². The summed E-state index contributed by atoms with van der Waals surface area (Å²) in [5, 5.41) is 0. The van der Waals surface area contributed by atoms with E-state index >= 15 is 0 Å². The Labute approximate surface area is 161 Å². The molecule has 0 amide bonds. The first-order valence-electron chi connectivity index (χ1n) is 8.62. The average molecular weight is 355 g/mol. The van der Waals surface area contributed by atoms with Crippen LogP contribution in [0.15, 0.2) is 113 Å². The molecule has 0 unspecified atom stereocenters. The van der Waals surface area contributed by atoms with Crippen LogP contribution < -0.4 is 0 Å². The Bertz CT molecular complexity index is 809. The van der Waals surface area contributed by atoms with Crippen LogP contribution in [0.2, 0.25) is 0 Å². The Balaban J connectivity index is 2.13. The molecule has 0 bridgehead atoms. The van der Waals surface area contributed by atoms with Gasteiger partial charge in [-0.15, -0.1) is 0 Å². The third kappa shape index (κ3) is 2.76. The normalized spacial score (nSPS) is 14.0. The quantitative estimate of drug-likeness (QED) is 0.411. The molecule has 0 nitrogen and oxygen atoms in total. The minimum atomic E-state index is -0.277. The Morgan fingerprint density at radius 2 is 1.00 bits per heavy atom. The molecule has 25 heavy (non-hydrogen) atoms. The van der Waals surface area contributed by atoms with E-state index in [1.807, 2.05) is 0 Å². The SMILES string of the molecule is [Ti][C]1=C(C(c2ccccc2)(c2ccccc2)c2ccccc2)C=CC1. The van der Waals surface area contributed by atoms with Crippen LogP contribution in [0, 0.1) is 0 Å². The topological polar surface area (TPSA) is 0 Å². The van der Waals surface area contributed by atoms with E-state index in [1.165, 1.54) is 26.1 Å². The van der Waals surface area contributed by atoms with E-state index in [-0.39, 0.29) is 5.41 Å². The van der Waals surface area contributed by atoms with Crippen molar-refractivity contribution in [3.63, 3.8) is 0 Å². The molecule has 0 radical (unpaired) electrons. The second-order valence-corrected chi connectivity index (χ2v) is 7.29. The van der Waals surface area contributed by atoms with E-state index < -0.39 is 0 Å². The molecule has 119 valence electrons. The van der Waals surface area contributed by atoms with E-state index in [0.717, 1.165) is 6.42 Å². The number of rotatable bonds is 4. The summed E-state index contributed by atoms with van der Waals surface area (Å²) in [5.41, 5.74) is 5.06. The van der Waals surface area contributed by atoms with Crippen molar-refractivity contribution in [2.75, 3.05) is 0 Å². The number of benzene rings is 3. The van der Waals surface area contributed by atoms with E-state index in [2.05, 4.69) is 124 Å². The molecule has 0 saturated heterocycles. The van der Waals surface area contributed by atoms with Crippen LogP contribution in [0.3, 0.4) is 0 Å². The van der Waals surface area contributed by atoms with Crippen molar-refractivity contribution in [1.82, 2.24) is 0 Å². The van der Waals surface area contributed by atoms with E-state index in [9.17, 15) is 0 Å². The first kappa shape index (κ1) is 16.3. The second kappa shape index (κ2) is 7.00. The van der Waals surface area contributed by atoms with E-state index in [4.69, 9.17) is 0 Å². The Hall–Kier alpha value is -2.15. The van der Waals surface area contributed by atoms with Gasteiger partial charge in [-0.1, -0.05) is 0 Å². The van der Waals surface area contributed by atoms with Gasteiger partial charge in [-0.3, -0.25) is 0 Å². The maximum atomic E-state index is 2.32. The van der Waals surface area contributed by atoms with Crippen LogP contribution in [-0.2, 0) is 25.9 Å². The third-order valence-electron chi connectivity index (χ3n) is 4.96. The van der Waals surface area contributed by atoms with Crippen LogP contribution in [0.4, 0.5) is 0 Å². The average Bonchev–Trinajstić information content (AvgIpc) is 3.12. The van der Waals surface area contributed by atoms with Gasteiger partial charge in [0.15, 0.2) is 0 Å². The summed E-state index contributed by atoms with van der Waals surface area (Å²) in [6.45, 7) is 0. The Morgan fingerprint density at radius 3 is 1.32 bits per heavy atom. The fourth-order valence-corrected chi connectivity index (χ4v) is 4.49. The van der Waals surface area contributed by atoms with Gasteiger partial charge in [0.1, 0.15) is 0 Å². The number of hydrogen-bond donors (Lipinski definition) is 0. The molecule has 1 aliphatic rings. The molecular formula is C24H19Ti. The molecule has 0 aromatic heterocycles. The standard InChI is InChI=1S/C24H19.Ti/c1-4-12-20(13-5-1)24(23-18-10-11-19-23,21-14-6-2-7-15-21)22-16-8-3-9-17-22;/h1-10,12-18H,11H2;. The van der Waals surface area contributed by atoms with Gasteiger partial charge in [0.25, 0.3) is 0 Å². The summed E-state index contributed by atoms with van der Waals surface area (Å²) in [5.74, 6) is 0. The van der Waals surface area contributed by atoms with Crippen LogP contribution in [0.5, 0.6) is 0 Å². The van der Waals surface area contributed by atoms with E-state index in [0.29, 0.717) is 0 Å². The fraction of sp³-hybridized carbons (Fsp3) is 0.0833. The predicted octanol–water partition coefficient (Wildman–Crippen LogP) is 5.78. The van der Waals surface area contributed by atoms with Gasteiger partial charge in [-0.2, -0.15) is 0 Å². The van der Waals surface area contributed by atoms with Crippen molar-refractivity contribution >= 4 is 0 Å². The Kier molecular flexibility index (Phi) is 4.57. The molecular weight excluding hydrogens is 336 g/mol.